The van der Waals surface area contributed by atoms with E-state index >= 15 is 0 Å². The highest BCUT2D eigenvalue weighted by atomic mass is 16.6. The maximum Gasteiger partial charge on any atom is 0.410 e. The fourth-order valence-electron chi connectivity index (χ4n) is 2.34. The minimum absolute atomic E-state index is 0.135. The quantitative estimate of drug-likeness (QED) is 0.622. The molecule has 0 aromatic rings. The van der Waals surface area contributed by atoms with Gasteiger partial charge in [0.2, 0.25) is 0 Å². The summed E-state index contributed by atoms with van der Waals surface area (Å²) < 4.78 is 4.93. The highest BCUT2D eigenvalue weighted by Gasteiger charge is 2.39. The number of hydrogen-bond acceptors (Lipinski definition) is 4. The minimum Gasteiger partial charge on any atom is -0.481 e. The maximum absolute atomic E-state index is 12.4. The summed E-state index contributed by atoms with van der Waals surface area (Å²) in [4.78, 5) is 37.0. The van der Waals surface area contributed by atoms with E-state index in [0.29, 0.717) is 18.5 Å². The van der Waals surface area contributed by atoms with E-state index in [9.17, 15) is 19.5 Å². The first-order valence-electron chi connectivity index (χ1n) is 7.17. The molecule has 0 aromatic carbocycles. The van der Waals surface area contributed by atoms with Crippen molar-refractivity contribution in [2.75, 3.05) is 19.7 Å². The number of ketones is 1. The Labute approximate surface area is 130 Å². The van der Waals surface area contributed by atoms with Crippen molar-refractivity contribution < 1.29 is 24.2 Å². The van der Waals surface area contributed by atoms with Gasteiger partial charge < -0.3 is 14.7 Å². The Morgan fingerprint density at radius 1 is 1.45 bits per heavy atom. The van der Waals surface area contributed by atoms with Crippen LogP contribution in [-0.4, -0.2) is 47.5 Å². The summed E-state index contributed by atoms with van der Waals surface area (Å²) in [6.07, 6.45) is 2.96. The van der Waals surface area contributed by atoms with E-state index in [2.05, 4.69) is 6.58 Å². The molecule has 0 saturated heterocycles. The number of carbonyl (C=O) groups excluding carboxylic acids is 2. The van der Waals surface area contributed by atoms with Gasteiger partial charge in [-0.05, 0) is 17.4 Å². The van der Waals surface area contributed by atoms with Crippen LogP contribution in [0.1, 0.15) is 27.2 Å². The van der Waals surface area contributed by atoms with Crippen LogP contribution in [0.4, 0.5) is 4.79 Å². The maximum atomic E-state index is 12.4. The van der Waals surface area contributed by atoms with Gasteiger partial charge in [0.25, 0.3) is 0 Å². The van der Waals surface area contributed by atoms with E-state index in [-0.39, 0.29) is 18.9 Å². The fourth-order valence-corrected chi connectivity index (χ4v) is 2.34. The lowest BCUT2D eigenvalue weighted by molar-refractivity contribution is -0.149. The standard InChI is InChI=1S/C16H23NO5/c1-5-10-22-15(21)17-8-6-11(7-9-17)13(18)12(14(19)20)16(2,3)4/h5-6,12H,1,7-10H2,2-4H3,(H,19,20). The van der Waals surface area contributed by atoms with E-state index < -0.39 is 23.4 Å². The molecular weight excluding hydrogens is 286 g/mol. The van der Waals surface area contributed by atoms with Gasteiger partial charge in [-0.25, -0.2) is 4.79 Å². The van der Waals surface area contributed by atoms with Gasteiger partial charge in [0.15, 0.2) is 5.78 Å². The fraction of sp³-hybridized carbons (Fsp3) is 0.562. The van der Waals surface area contributed by atoms with Crippen LogP contribution >= 0.6 is 0 Å². The van der Waals surface area contributed by atoms with E-state index in [1.165, 1.54) is 11.0 Å². The molecule has 1 unspecified atom stereocenters. The first-order chi connectivity index (χ1) is 10.2. The molecule has 1 amide bonds. The molecule has 6 heteroatoms. The molecule has 0 fully saturated rings. The predicted molar refractivity (Wildman–Crippen MR) is 81.4 cm³/mol. The number of amides is 1. The van der Waals surface area contributed by atoms with E-state index in [1.807, 2.05) is 0 Å². The molecule has 1 aliphatic heterocycles. The topological polar surface area (TPSA) is 83.9 Å². The molecule has 22 heavy (non-hydrogen) atoms. The van der Waals surface area contributed by atoms with Crippen LogP contribution in [0.2, 0.25) is 0 Å². The van der Waals surface area contributed by atoms with Gasteiger partial charge in [0.05, 0.1) is 0 Å². The number of ether oxygens (including phenoxy) is 1. The number of carboxylic acids is 1. The Bertz CT molecular complexity index is 501. The van der Waals surface area contributed by atoms with Crippen LogP contribution < -0.4 is 0 Å². The first kappa shape index (κ1) is 17.9. The third-order valence-corrected chi connectivity index (χ3v) is 3.48. The predicted octanol–water partition coefficient (Wildman–Crippen LogP) is 2.26. The van der Waals surface area contributed by atoms with E-state index in [1.54, 1.807) is 26.8 Å². The van der Waals surface area contributed by atoms with Gasteiger partial charge in [0.1, 0.15) is 12.5 Å². The normalized spacial score (nSPS) is 16.5. The summed E-state index contributed by atoms with van der Waals surface area (Å²) in [5, 5.41) is 9.31. The molecule has 122 valence electrons. The van der Waals surface area contributed by atoms with Crippen LogP contribution in [-0.2, 0) is 14.3 Å². The second-order valence-corrected chi connectivity index (χ2v) is 6.29. The number of carboxylic acid groups (broad SMARTS) is 1. The summed E-state index contributed by atoms with van der Waals surface area (Å²) in [5.41, 5.74) is -0.195. The molecule has 1 N–H and O–H groups in total. The van der Waals surface area contributed by atoms with Crippen LogP contribution in [0.25, 0.3) is 0 Å². The third-order valence-electron chi connectivity index (χ3n) is 3.48. The summed E-state index contributed by atoms with van der Waals surface area (Å²) >= 11 is 0. The van der Waals surface area contributed by atoms with Crippen molar-refractivity contribution >= 4 is 17.8 Å². The van der Waals surface area contributed by atoms with Crippen molar-refractivity contribution in [3.8, 4) is 0 Å². The number of carbonyl (C=O) groups is 3. The highest BCUT2D eigenvalue weighted by Crippen LogP contribution is 2.30. The van der Waals surface area contributed by atoms with E-state index in [0.717, 1.165) is 0 Å². The van der Waals surface area contributed by atoms with Gasteiger partial charge >= 0.3 is 12.1 Å². The molecule has 6 nitrogen and oxygen atoms in total. The van der Waals surface area contributed by atoms with Crippen molar-refractivity contribution in [2.45, 2.75) is 27.2 Å². The SMILES string of the molecule is C=CCOC(=O)N1CC=C(C(=O)C(C(=O)O)C(C)(C)C)CC1. The lowest BCUT2D eigenvalue weighted by Gasteiger charge is -2.29. The average Bonchev–Trinajstić information content (AvgIpc) is 2.42. The van der Waals surface area contributed by atoms with Crippen LogP contribution in [0.15, 0.2) is 24.3 Å². The second-order valence-electron chi connectivity index (χ2n) is 6.29. The molecule has 0 aromatic heterocycles. The summed E-state index contributed by atoms with van der Waals surface area (Å²) in [5.74, 6) is -2.58. The summed E-state index contributed by atoms with van der Waals surface area (Å²) in [6.45, 7) is 9.36. The first-order valence-corrected chi connectivity index (χ1v) is 7.17. The second kappa shape index (κ2) is 7.24. The Morgan fingerprint density at radius 3 is 2.50 bits per heavy atom. The van der Waals surface area contributed by atoms with Crippen LogP contribution in [0, 0.1) is 11.3 Å². The zero-order valence-corrected chi connectivity index (χ0v) is 13.3. The van der Waals surface area contributed by atoms with E-state index in [4.69, 9.17) is 4.74 Å². The molecule has 1 rings (SSSR count). The molecule has 0 bridgehead atoms. The van der Waals surface area contributed by atoms with Crippen molar-refractivity contribution in [1.82, 2.24) is 4.90 Å². The molecule has 0 saturated carbocycles. The van der Waals surface area contributed by atoms with Crippen molar-refractivity contribution in [1.29, 1.82) is 0 Å². The largest absolute Gasteiger partial charge is 0.481 e. The molecule has 0 radical (unpaired) electrons. The molecule has 0 aliphatic carbocycles. The number of rotatable bonds is 5. The van der Waals surface area contributed by atoms with Crippen LogP contribution in [0.5, 0.6) is 0 Å². The zero-order valence-electron chi connectivity index (χ0n) is 13.3. The van der Waals surface area contributed by atoms with Gasteiger partial charge in [0, 0.05) is 13.1 Å². The molecule has 1 atom stereocenters. The van der Waals surface area contributed by atoms with Crippen molar-refractivity contribution in [3.63, 3.8) is 0 Å². The molecule has 1 heterocycles. The Kier molecular flexibility index (Phi) is 5.91. The van der Waals surface area contributed by atoms with Gasteiger partial charge in [-0.15, -0.1) is 0 Å². The Hall–Kier alpha value is -2.11. The summed E-state index contributed by atoms with van der Waals surface area (Å²) in [7, 11) is 0. The van der Waals surface area contributed by atoms with Crippen molar-refractivity contribution in [3.05, 3.63) is 24.3 Å². The monoisotopic (exact) mass is 309 g/mol. The van der Waals surface area contributed by atoms with Gasteiger partial charge in [-0.1, -0.05) is 39.5 Å². The molecule has 1 aliphatic rings. The minimum atomic E-state index is -1.12. The Morgan fingerprint density at radius 2 is 2.09 bits per heavy atom. The lowest BCUT2D eigenvalue weighted by Crippen LogP contribution is -2.40. The van der Waals surface area contributed by atoms with Gasteiger partial charge in [-0.3, -0.25) is 9.59 Å². The lowest BCUT2D eigenvalue weighted by atomic mass is 9.75. The third kappa shape index (κ3) is 4.44. The number of hydrogen-bond donors (Lipinski definition) is 1. The number of Topliss-reactive ketones (excluding diaryl/α,β-unsaturated/α-hetero) is 1. The average molecular weight is 309 g/mol. The molecular formula is C16H23NO5. The zero-order chi connectivity index (χ0) is 16.9. The van der Waals surface area contributed by atoms with Gasteiger partial charge in [-0.2, -0.15) is 0 Å². The molecule has 0 spiro atoms. The smallest absolute Gasteiger partial charge is 0.410 e. The van der Waals surface area contributed by atoms with Crippen LogP contribution in [0.3, 0.4) is 0 Å². The van der Waals surface area contributed by atoms with Crippen molar-refractivity contribution in [2.24, 2.45) is 11.3 Å². The Balaban J connectivity index is 2.77. The summed E-state index contributed by atoms with van der Waals surface area (Å²) in [6, 6.07) is 0. The highest BCUT2D eigenvalue weighted by molar-refractivity contribution is 6.08. The number of nitrogens with zero attached hydrogens (tertiary/aromatic N) is 1. The number of aliphatic carboxylic acids is 1.